The van der Waals surface area contributed by atoms with Crippen LogP contribution in [0.15, 0.2) is 59.1 Å². The minimum atomic E-state index is -0.619. The molecule has 42 heavy (non-hydrogen) atoms. The summed E-state index contributed by atoms with van der Waals surface area (Å²) in [6.07, 6.45) is 1.91. The molecular formula is C34H38ClNO6. The molecule has 2 aromatic carbocycles. The van der Waals surface area contributed by atoms with Gasteiger partial charge in [0.25, 0.3) is 5.91 Å². The molecule has 222 valence electrons. The van der Waals surface area contributed by atoms with Gasteiger partial charge in [0.05, 0.1) is 11.6 Å². The van der Waals surface area contributed by atoms with E-state index in [4.69, 9.17) is 25.8 Å². The predicted molar refractivity (Wildman–Crippen MR) is 162 cm³/mol. The van der Waals surface area contributed by atoms with E-state index in [1.807, 2.05) is 32.0 Å². The van der Waals surface area contributed by atoms with Crippen LogP contribution in [0.1, 0.15) is 77.3 Å². The van der Waals surface area contributed by atoms with Gasteiger partial charge in [-0.25, -0.2) is 0 Å². The van der Waals surface area contributed by atoms with Gasteiger partial charge < -0.3 is 19.5 Å². The third kappa shape index (κ3) is 6.12. The van der Waals surface area contributed by atoms with Crippen LogP contribution in [0.4, 0.5) is 5.69 Å². The van der Waals surface area contributed by atoms with Gasteiger partial charge in [-0.3, -0.25) is 14.4 Å². The first-order valence-electron chi connectivity index (χ1n) is 14.4. The van der Waals surface area contributed by atoms with Crippen molar-refractivity contribution >= 4 is 34.8 Å². The minimum Gasteiger partial charge on any atom is -0.490 e. The molecule has 0 radical (unpaired) electrons. The summed E-state index contributed by atoms with van der Waals surface area (Å²) in [6.45, 7) is 12.0. The Morgan fingerprint density at radius 3 is 2.14 bits per heavy atom. The molecule has 1 N–H and O–H groups in total. The SMILES string of the molecule is CCOc1cc(C2C3=C(CC(C)(C)CC3=O)OC3=C2C(=O)CC(C)(C)C3)cc(Cl)c1OCC(=O)Nc1cccc(C)c1. The summed E-state index contributed by atoms with van der Waals surface area (Å²) >= 11 is 6.80. The van der Waals surface area contributed by atoms with Crippen molar-refractivity contribution in [1.82, 2.24) is 0 Å². The highest BCUT2D eigenvalue weighted by Crippen LogP contribution is 2.54. The second-order valence-corrected chi connectivity index (χ2v) is 13.5. The highest BCUT2D eigenvalue weighted by Gasteiger charge is 2.48. The third-order valence-electron chi connectivity index (χ3n) is 7.90. The van der Waals surface area contributed by atoms with Crippen molar-refractivity contribution < 1.29 is 28.6 Å². The molecule has 1 amide bonds. The summed E-state index contributed by atoms with van der Waals surface area (Å²) in [5, 5.41) is 3.05. The number of amides is 1. The zero-order valence-corrected chi connectivity index (χ0v) is 25.9. The molecule has 0 saturated carbocycles. The first-order chi connectivity index (χ1) is 19.8. The lowest BCUT2D eigenvalue weighted by atomic mass is 9.65. The summed E-state index contributed by atoms with van der Waals surface area (Å²) in [5.74, 6) is 0.806. The van der Waals surface area contributed by atoms with Gasteiger partial charge in [-0.2, -0.15) is 0 Å². The van der Waals surface area contributed by atoms with E-state index in [9.17, 15) is 14.4 Å². The number of hydrogen-bond donors (Lipinski definition) is 1. The van der Waals surface area contributed by atoms with Gasteiger partial charge in [-0.1, -0.05) is 51.4 Å². The first-order valence-corrected chi connectivity index (χ1v) is 14.8. The molecule has 2 aliphatic carbocycles. The second-order valence-electron chi connectivity index (χ2n) is 13.1. The zero-order valence-electron chi connectivity index (χ0n) is 25.1. The van der Waals surface area contributed by atoms with E-state index in [0.29, 0.717) is 72.0 Å². The number of benzene rings is 2. The standard InChI is InChI=1S/C34H38ClNO6/c1-7-40-25-13-20(12-22(35)32(25)41-18-28(39)36-21-10-8-9-19(2)11-21)29-30-23(37)14-33(3,4)16-26(30)42-27-17-34(5,6)15-24(38)31(27)29/h8-13,29H,7,14-18H2,1-6H3,(H,36,39). The number of ketones is 2. The molecular weight excluding hydrogens is 554 g/mol. The van der Waals surface area contributed by atoms with E-state index in [2.05, 4.69) is 33.0 Å². The number of allylic oxidation sites excluding steroid dienone is 4. The zero-order chi connectivity index (χ0) is 30.4. The van der Waals surface area contributed by atoms with Gasteiger partial charge >= 0.3 is 0 Å². The molecule has 7 nitrogen and oxygen atoms in total. The Morgan fingerprint density at radius 2 is 1.57 bits per heavy atom. The molecule has 0 atom stereocenters. The fourth-order valence-corrected chi connectivity index (χ4v) is 6.50. The summed E-state index contributed by atoms with van der Waals surface area (Å²) in [5.41, 5.74) is 2.88. The van der Waals surface area contributed by atoms with Crippen molar-refractivity contribution in [1.29, 1.82) is 0 Å². The molecule has 0 unspecified atom stereocenters. The number of nitrogens with one attached hydrogen (secondary N) is 1. The molecule has 0 fully saturated rings. The Hall–Kier alpha value is -3.58. The molecule has 2 aromatic rings. The van der Waals surface area contributed by atoms with Gasteiger partial charge in [0.1, 0.15) is 11.5 Å². The molecule has 5 rings (SSSR count). The topological polar surface area (TPSA) is 90.9 Å². The number of carbonyl (C=O) groups excluding carboxylic acids is 3. The van der Waals surface area contributed by atoms with Crippen LogP contribution in [0.2, 0.25) is 5.02 Å². The summed E-state index contributed by atoms with van der Waals surface area (Å²) in [6, 6.07) is 11.0. The predicted octanol–water partition coefficient (Wildman–Crippen LogP) is 7.46. The number of aryl methyl sites for hydroxylation is 1. The van der Waals surface area contributed by atoms with Crippen molar-refractivity contribution in [3.8, 4) is 11.5 Å². The fraction of sp³-hybridized carbons (Fsp3) is 0.441. The Labute approximate surface area is 252 Å². The van der Waals surface area contributed by atoms with E-state index in [-0.39, 0.29) is 45.7 Å². The lowest BCUT2D eigenvalue weighted by Gasteiger charge is -2.42. The van der Waals surface area contributed by atoms with Crippen LogP contribution in [0.5, 0.6) is 11.5 Å². The molecule has 1 heterocycles. The monoisotopic (exact) mass is 591 g/mol. The van der Waals surface area contributed by atoms with Gasteiger partial charge in [-0.05, 0) is 60.1 Å². The fourth-order valence-electron chi connectivity index (χ4n) is 6.22. The third-order valence-corrected chi connectivity index (χ3v) is 8.18. The van der Waals surface area contributed by atoms with Crippen LogP contribution in [0, 0.1) is 17.8 Å². The number of anilines is 1. The largest absolute Gasteiger partial charge is 0.490 e. The lowest BCUT2D eigenvalue weighted by Crippen LogP contribution is -2.37. The highest BCUT2D eigenvalue weighted by molar-refractivity contribution is 6.32. The summed E-state index contributed by atoms with van der Waals surface area (Å²) < 4.78 is 18.2. The molecule has 3 aliphatic rings. The van der Waals surface area contributed by atoms with Gasteiger partial charge in [-0.15, -0.1) is 0 Å². The van der Waals surface area contributed by atoms with E-state index in [0.717, 1.165) is 5.56 Å². The molecule has 8 heteroatoms. The summed E-state index contributed by atoms with van der Waals surface area (Å²) in [7, 11) is 0. The van der Waals surface area contributed by atoms with Crippen molar-refractivity contribution in [2.75, 3.05) is 18.5 Å². The Bertz CT molecular complexity index is 1480. The number of Topliss-reactive ketones (excluding diaryl/α,β-unsaturated/α-hetero) is 2. The smallest absolute Gasteiger partial charge is 0.262 e. The van der Waals surface area contributed by atoms with Crippen LogP contribution in [-0.2, 0) is 19.1 Å². The van der Waals surface area contributed by atoms with Crippen molar-refractivity contribution in [3.63, 3.8) is 0 Å². The Kier molecular flexibility index (Phi) is 8.01. The maximum atomic E-state index is 13.6. The molecule has 0 spiro atoms. The van der Waals surface area contributed by atoms with Crippen LogP contribution >= 0.6 is 11.6 Å². The van der Waals surface area contributed by atoms with Crippen molar-refractivity contribution in [3.05, 3.63) is 75.2 Å². The molecule has 0 saturated heterocycles. The normalized spacial score (nSPS) is 19.6. The van der Waals surface area contributed by atoms with Crippen LogP contribution in [-0.4, -0.2) is 30.7 Å². The molecule has 1 aliphatic heterocycles. The van der Waals surface area contributed by atoms with E-state index < -0.39 is 5.92 Å². The first kappa shape index (κ1) is 29.9. The average Bonchev–Trinajstić information content (AvgIpc) is 2.85. The number of ether oxygens (including phenoxy) is 3. The Balaban J connectivity index is 1.52. The number of carbonyl (C=O) groups is 3. The quantitative estimate of drug-likeness (QED) is 0.359. The molecule has 0 aromatic heterocycles. The van der Waals surface area contributed by atoms with Crippen LogP contribution in [0.25, 0.3) is 0 Å². The number of hydrogen-bond acceptors (Lipinski definition) is 6. The van der Waals surface area contributed by atoms with Gasteiger partial charge in [0.15, 0.2) is 29.7 Å². The van der Waals surface area contributed by atoms with E-state index >= 15 is 0 Å². The molecule has 0 bridgehead atoms. The lowest BCUT2D eigenvalue weighted by molar-refractivity contribution is -0.120. The van der Waals surface area contributed by atoms with E-state index in [1.165, 1.54) is 0 Å². The van der Waals surface area contributed by atoms with Crippen molar-refractivity contribution in [2.45, 2.75) is 73.1 Å². The van der Waals surface area contributed by atoms with Crippen LogP contribution < -0.4 is 14.8 Å². The average molecular weight is 592 g/mol. The van der Waals surface area contributed by atoms with E-state index in [1.54, 1.807) is 18.2 Å². The summed E-state index contributed by atoms with van der Waals surface area (Å²) in [4.78, 5) is 39.9. The number of rotatable bonds is 7. The second kappa shape index (κ2) is 11.3. The van der Waals surface area contributed by atoms with Crippen LogP contribution in [0.3, 0.4) is 0 Å². The van der Waals surface area contributed by atoms with Crippen molar-refractivity contribution in [2.24, 2.45) is 10.8 Å². The number of halogens is 1. The van der Waals surface area contributed by atoms with Gasteiger partial charge in [0.2, 0.25) is 0 Å². The maximum Gasteiger partial charge on any atom is 0.262 e. The minimum absolute atomic E-state index is 0.0299. The Morgan fingerprint density at radius 1 is 0.952 bits per heavy atom. The highest BCUT2D eigenvalue weighted by atomic mass is 35.5. The van der Waals surface area contributed by atoms with Gasteiger partial charge in [0, 0.05) is 48.4 Å². The maximum absolute atomic E-state index is 13.6.